The van der Waals surface area contributed by atoms with Crippen molar-refractivity contribution in [3.8, 4) is 0 Å². The number of imidazole rings is 1. The van der Waals surface area contributed by atoms with Gasteiger partial charge in [-0.05, 0) is 38.3 Å². The summed E-state index contributed by atoms with van der Waals surface area (Å²) in [4.78, 5) is 14.6. The van der Waals surface area contributed by atoms with Gasteiger partial charge in [-0.1, -0.05) is 0 Å². The summed E-state index contributed by atoms with van der Waals surface area (Å²) in [5.74, 6) is 0.761. The fourth-order valence-corrected chi connectivity index (χ4v) is 2.57. The number of pyridine rings is 1. The first-order valence-electron chi connectivity index (χ1n) is 6.22. The molecule has 90 valence electrons. The van der Waals surface area contributed by atoms with Crippen LogP contribution in [0.25, 0.3) is 5.65 Å². The smallest absolute Gasteiger partial charge is 0.183 e. The molecule has 17 heavy (non-hydrogen) atoms. The Morgan fingerprint density at radius 2 is 2.18 bits per heavy atom. The molecule has 0 aromatic carbocycles. The molecule has 0 atom stereocenters. The van der Waals surface area contributed by atoms with Gasteiger partial charge in [-0.25, -0.2) is 0 Å². The molecule has 0 bridgehead atoms. The molecule has 3 rings (SSSR count). The first-order chi connectivity index (χ1) is 8.31. The van der Waals surface area contributed by atoms with Crippen LogP contribution < -0.4 is 10.7 Å². The highest BCUT2D eigenvalue weighted by molar-refractivity contribution is 5.39. The average molecular weight is 231 g/mol. The molecule has 1 aliphatic rings. The second-order valence-electron chi connectivity index (χ2n) is 4.83. The van der Waals surface area contributed by atoms with Gasteiger partial charge in [0.15, 0.2) is 5.43 Å². The third-order valence-corrected chi connectivity index (χ3v) is 3.51. The van der Waals surface area contributed by atoms with E-state index in [1.807, 2.05) is 10.6 Å². The SMILES string of the molecule is O=c1ccn2cc(CC3CCNCC3)[nH]c2c1. The minimum Gasteiger partial charge on any atom is -0.343 e. The summed E-state index contributed by atoms with van der Waals surface area (Å²) in [7, 11) is 0. The summed E-state index contributed by atoms with van der Waals surface area (Å²) < 4.78 is 1.98. The molecule has 0 amide bonds. The maximum Gasteiger partial charge on any atom is 0.183 e. The average Bonchev–Trinajstić information content (AvgIpc) is 2.71. The highest BCUT2D eigenvalue weighted by atomic mass is 16.1. The molecule has 4 heteroatoms. The number of hydrogen-bond acceptors (Lipinski definition) is 2. The monoisotopic (exact) mass is 231 g/mol. The number of fused-ring (bicyclic) bond motifs is 1. The molecule has 0 saturated carbocycles. The van der Waals surface area contributed by atoms with E-state index in [0.29, 0.717) is 0 Å². The largest absolute Gasteiger partial charge is 0.343 e. The molecule has 0 radical (unpaired) electrons. The van der Waals surface area contributed by atoms with Crippen LogP contribution in [-0.4, -0.2) is 22.5 Å². The van der Waals surface area contributed by atoms with E-state index in [4.69, 9.17) is 0 Å². The number of hydrogen-bond donors (Lipinski definition) is 2. The van der Waals surface area contributed by atoms with Crippen molar-refractivity contribution in [2.45, 2.75) is 19.3 Å². The van der Waals surface area contributed by atoms with Crippen LogP contribution in [0, 0.1) is 5.92 Å². The van der Waals surface area contributed by atoms with Gasteiger partial charge in [-0.2, -0.15) is 0 Å². The fraction of sp³-hybridized carbons (Fsp3) is 0.462. The minimum atomic E-state index is 0.0558. The fourth-order valence-electron chi connectivity index (χ4n) is 2.57. The number of H-pyrrole nitrogens is 1. The summed E-state index contributed by atoms with van der Waals surface area (Å²) >= 11 is 0. The number of aromatic amines is 1. The predicted molar refractivity (Wildman–Crippen MR) is 67.3 cm³/mol. The summed E-state index contributed by atoms with van der Waals surface area (Å²) in [6.45, 7) is 2.26. The lowest BCUT2D eigenvalue weighted by Gasteiger charge is -2.21. The number of aromatic nitrogens is 2. The number of rotatable bonds is 2. The van der Waals surface area contributed by atoms with Gasteiger partial charge in [0.2, 0.25) is 0 Å². The lowest BCUT2D eigenvalue weighted by molar-refractivity contribution is 0.370. The molecule has 1 aliphatic heterocycles. The lowest BCUT2D eigenvalue weighted by atomic mass is 9.93. The van der Waals surface area contributed by atoms with Crippen LogP contribution in [0.15, 0.2) is 29.3 Å². The maximum absolute atomic E-state index is 11.2. The van der Waals surface area contributed by atoms with E-state index in [1.54, 1.807) is 12.1 Å². The van der Waals surface area contributed by atoms with Crippen molar-refractivity contribution < 1.29 is 0 Å². The van der Waals surface area contributed by atoms with Crippen molar-refractivity contribution in [2.24, 2.45) is 5.92 Å². The Kier molecular flexibility index (Phi) is 2.73. The van der Waals surface area contributed by atoms with E-state index in [9.17, 15) is 4.79 Å². The van der Waals surface area contributed by atoms with E-state index in [0.717, 1.165) is 31.1 Å². The lowest BCUT2D eigenvalue weighted by Crippen LogP contribution is -2.28. The molecular weight excluding hydrogens is 214 g/mol. The van der Waals surface area contributed by atoms with Crippen LogP contribution >= 0.6 is 0 Å². The Balaban J connectivity index is 1.82. The van der Waals surface area contributed by atoms with E-state index in [2.05, 4.69) is 16.5 Å². The second kappa shape index (κ2) is 4.37. The van der Waals surface area contributed by atoms with Crippen molar-refractivity contribution in [3.63, 3.8) is 0 Å². The van der Waals surface area contributed by atoms with Gasteiger partial charge < -0.3 is 14.7 Å². The molecule has 1 saturated heterocycles. The van der Waals surface area contributed by atoms with Crippen molar-refractivity contribution in [1.29, 1.82) is 0 Å². The Morgan fingerprint density at radius 1 is 1.35 bits per heavy atom. The van der Waals surface area contributed by atoms with Gasteiger partial charge in [0.1, 0.15) is 5.65 Å². The number of piperidine rings is 1. The first kappa shape index (κ1) is 10.6. The topological polar surface area (TPSA) is 49.3 Å². The molecule has 2 aromatic heterocycles. The molecule has 1 fully saturated rings. The zero-order valence-corrected chi connectivity index (χ0v) is 9.78. The second-order valence-corrected chi connectivity index (χ2v) is 4.83. The Labute approximate surface area is 99.7 Å². The number of nitrogens with one attached hydrogen (secondary N) is 2. The third kappa shape index (κ3) is 2.26. The van der Waals surface area contributed by atoms with Crippen LogP contribution in [-0.2, 0) is 6.42 Å². The van der Waals surface area contributed by atoms with E-state index >= 15 is 0 Å². The van der Waals surface area contributed by atoms with Gasteiger partial charge in [0, 0.05) is 30.2 Å². The maximum atomic E-state index is 11.2. The zero-order valence-electron chi connectivity index (χ0n) is 9.78. The molecule has 0 spiro atoms. The van der Waals surface area contributed by atoms with Crippen molar-refractivity contribution in [1.82, 2.24) is 14.7 Å². The minimum absolute atomic E-state index is 0.0558. The molecule has 3 heterocycles. The quantitative estimate of drug-likeness (QED) is 0.815. The zero-order chi connectivity index (χ0) is 11.7. The van der Waals surface area contributed by atoms with Gasteiger partial charge >= 0.3 is 0 Å². The molecule has 0 unspecified atom stereocenters. The standard InChI is InChI=1S/C13H17N3O/c17-12-3-6-16-9-11(15-13(16)8-12)7-10-1-4-14-5-2-10/h3,6,8-10,14-15H,1-2,4-5,7H2. The first-order valence-corrected chi connectivity index (χ1v) is 6.22. The van der Waals surface area contributed by atoms with Crippen LogP contribution in [0.4, 0.5) is 0 Å². The molecule has 4 nitrogen and oxygen atoms in total. The van der Waals surface area contributed by atoms with E-state index in [-0.39, 0.29) is 5.43 Å². The van der Waals surface area contributed by atoms with Crippen LogP contribution in [0.2, 0.25) is 0 Å². The normalized spacial score (nSPS) is 17.6. The third-order valence-electron chi connectivity index (χ3n) is 3.51. The molecule has 0 aliphatic carbocycles. The van der Waals surface area contributed by atoms with Crippen LogP contribution in [0.5, 0.6) is 0 Å². The van der Waals surface area contributed by atoms with Crippen LogP contribution in [0.3, 0.4) is 0 Å². The Morgan fingerprint density at radius 3 is 3.00 bits per heavy atom. The molecule has 2 N–H and O–H groups in total. The van der Waals surface area contributed by atoms with Crippen LogP contribution in [0.1, 0.15) is 18.5 Å². The van der Waals surface area contributed by atoms with Gasteiger partial charge in [0.05, 0.1) is 0 Å². The predicted octanol–water partition coefficient (Wildman–Crippen LogP) is 1.17. The van der Waals surface area contributed by atoms with Gasteiger partial charge in [-0.15, -0.1) is 0 Å². The van der Waals surface area contributed by atoms with Crippen molar-refractivity contribution >= 4 is 5.65 Å². The molecular formula is C13H17N3O. The van der Waals surface area contributed by atoms with Gasteiger partial charge in [-0.3, -0.25) is 4.79 Å². The van der Waals surface area contributed by atoms with E-state index < -0.39 is 0 Å². The number of nitrogens with zero attached hydrogens (tertiary/aromatic N) is 1. The van der Waals surface area contributed by atoms with E-state index in [1.165, 1.54) is 18.5 Å². The van der Waals surface area contributed by atoms with Gasteiger partial charge in [0.25, 0.3) is 0 Å². The highest BCUT2D eigenvalue weighted by Gasteiger charge is 2.14. The summed E-state index contributed by atoms with van der Waals surface area (Å²) in [6, 6.07) is 3.24. The van der Waals surface area contributed by atoms with Crippen molar-refractivity contribution in [3.05, 3.63) is 40.4 Å². The Hall–Kier alpha value is -1.55. The molecule has 2 aromatic rings. The highest BCUT2D eigenvalue weighted by Crippen LogP contribution is 2.17. The summed E-state index contributed by atoms with van der Waals surface area (Å²) in [5.41, 5.74) is 2.17. The summed E-state index contributed by atoms with van der Waals surface area (Å²) in [6.07, 6.45) is 7.48. The summed E-state index contributed by atoms with van der Waals surface area (Å²) in [5, 5.41) is 3.38. The van der Waals surface area contributed by atoms with Crippen molar-refractivity contribution in [2.75, 3.05) is 13.1 Å². The Bertz CT molecular complexity index is 563.